The third-order valence-electron chi connectivity index (χ3n) is 11.2. The highest BCUT2D eigenvalue weighted by Crippen LogP contribution is 2.39. The molecule has 318 valence electrons. The van der Waals surface area contributed by atoms with Gasteiger partial charge in [0.15, 0.2) is 0 Å². The Morgan fingerprint density at radius 1 is 0.783 bits per heavy atom. The van der Waals surface area contributed by atoms with Crippen LogP contribution in [0.4, 0.5) is 9.59 Å². The third kappa shape index (κ3) is 9.42. The van der Waals surface area contributed by atoms with Gasteiger partial charge in [-0.2, -0.15) is 0 Å². The van der Waals surface area contributed by atoms with E-state index in [1.807, 2.05) is 76.2 Å². The summed E-state index contributed by atoms with van der Waals surface area (Å²) in [7, 11) is 2.70. The van der Waals surface area contributed by atoms with Crippen molar-refractivity contribution in [2.24, 2.45) is 23.7 Å². The van der Waals surface area contributed by atoms with E-state index >= 15 is 0 Å². The zero-order chi connectivity index (χ0) is 43.6. The van der Waals surface area contributed by atoms with E-state index in [0.29, 0.717) is 59.3 Å². The number of benzene rings is 2. The fourth-order valence-corrected chi connectivity index (χ4v) is 8.66. The highest BCUT2D eigenvalue weighted by atomic mass is 35.5. The van der Waals surface area contributed by atoms with E-state index in [-0.39, 0.29) is 47.6 Å². The molecule has 2 aliphatic heterocycles. The Morgan fingerprint density at radius 2 is 1.22 bits per heavy atom. The minimum absolute atomic E-state index is 0.153. The van der Waals surface area contributed by atoms with Gasteiger partial charge in [0.2, 0.25) is 11.8 Å². The number of aromatic nitrogens is 4. The number of hydrogen-bond acceptors (Lipinski definition) is 7. The Hall–Kier alpha value is -5.52. The number of hydrogen-bond donors (Lipinski definition) is 4. The summed E-state index contributed by atoms with van der Waals surface area (Å²) >= 11 is 13.4. The van der Waals surface area contributed by atoms with Gasteiger partial charge in [-0.25, -0.2) is 19.6 Å². The number of carbonyl (C=O) groups is 4. The van der Waals surface area contributed by atoms with Crippen LogP contribution in [0, 0.1) is 35.5 Å². The van der Waals surface area contributed by atoms with Crippen LogP contribution in [-0.4, -0.2) is 103 Å². The second kappa shape index (κ2) is 18.4. The number of methoxy groups -OCH3 is 1. The van der Waals surface area contributed by atoms with Crippen LogP contribution in [0.3, 0.4) is 0 Å². The number of amides is 4. The van der Waals surface area contributed by atoms with E-state index in [0.717, 1.165) is 27.2 Å². The van der Waals surface area contributed by atoms with Crippen molar-refractivity contribution in [3.63, 3.8) is 0 Å². The number of nitrogens with one attached hydrogen (secondary N) is 3. The topological polar surface area (TPSA) is 177 Å². The van der Waals surface area contributed by atoms with E-state index in [4.69, 9.17) is 37.9 Å². The standard InChI is InChI=1S/C44H52Cl2N8O6/c1-23(2)33(49-43(57)60-8)41(55)53-21-25(5)19-31(53)39-47-34(37(45)50-39)29-15-11-27(12-16-29)9-10-28-13-17-30(18-14-28)35-38(46)51-40(48-35)32-20-26(6)22-54(32)42(56)36(24(3)4)52(7)44(58)59/h11-18,23-26,31-33,36H,19-22H2,1-8H3,(H,47,50)(H,48,51)(H,49,57)(H,58,59)/t25?,26-,31?,32-,33-,36-/m0/s1. The lowest BCUT2D eigenvalue weighted by Gasteiger charge is -2.33. The first kappa shape index (κ1) is 44.0. The normalized spacial score (nSPS) is 19.9. The maximum Gasteiger partial charge on any atom is 0.407 e. The van der Waals surface area contributed by atoms with E-state index in [1.165, 1.54) is 14.2 Å². The molecule has 6 atom stereocenters. The highest BCUT2D eigenvalue weighted by Gasteiger charge is 2.43. The number of H-pyrrole nitrogens is 2. The Balaban J connectivity index is 1.14. The summed E-state index contributed by atoms with van der Waals surface area (Å²) < 4.78 is 4.76. The van der Waals surface area contributed by atoms with Gasteiger partial charge in [-0.3, -0.25) is 14.5 Å². The van der Waals surface area contributed by atoms with Crippen LogP contribution in [0.1, 0.15) is 89.2 Å². The molecule has 0 spiro atoms. The van der Waals surface area contributed by atoms with Crippen molar-refractivity contribution in [3.8, 4) is 34.4 Å². The summed E-state index contributed by atoms with van der Waals surface area (Å²) in [6.07, 6.45) is -0.451. The number of aromatic amines is 2. The molecule has 16 heteroatoms. The van der Waals surface area contributed by atoms with Gasteiger partial charge in [-0.05, 0) is 60.8 Å². The van der Waals surface area contributed by atoms with Crippen molar-refractivity contribution >= 4 is 47.2 Å². The fourth-order valence-electron chi connectivity index (χ4n) is 8.17. The van der Waals surface area contributed by atoms with Gasteiger partial charge in [-0.1, -0.05) is 101 Å². The molecule has 0 bridgehead atoms. The second-order valence-corrected chi connectivity index (χ2v) is 17.4. The molecule has 14 nitrogen and oxygen atoms in total. The van der Waals surface area contributed by atoms with Crippen LogP contribution >= 0.6 is 23.2 Å². The smallest absolute Gasteiger partial charge is 0.407 e. The van der Waals surface area contributed by atoms with Crippen molar-refractivity contribution in [2.75, 3.05) is 27.2 Å². The molecule has 4 aromatic rings. The van der Waals surface area contributed by atoms with Gasteiger partial charge in [-0.15, -0.1) is 0 Å². The number of nitrogens with zero attached hydrogens (tertiary/aromatic N) is 5. The molecule has 2 aromatic carbocycles. The molecule has 2 saturated heterocycles. The number of halogens is 2. The third-order valence-corrected chi connectivity index (χ3v) is 11.8. The Bertz CT molecular complexity index is 2280. The molecule has 2 fully saturated rings. The number of carbonyl (C=O) groups excluding carboxylic acids is 3. The fraction of sp³-hybridized carbons (Fsp3) is 0.455. The number of likely N-dealkylation sites (N-methyl/N-ethyl adjacent to an activating group) is 1. The van der Waals surface area contributed by atoms with Crippen molar-refractivity contribution in [1.82, 2.24) is 40.0 Å². The molecule has 4 heterocycles. The minimum Gasteiger partial charge on any atom is -0.465 e. The molecule has 0 saturated carbocycles. The molecule has 2 aromatic heterocycles. The van der Waals surface area contributed by atoms with Gasteiger partial charge in [0.05, 0.1) is 19.2 Å². The van der Waals surface area contributed by atoms with Gasteiger partial charge in [0.25, 0.3) is 0 Å². The lowest BCUT2D eigenvalue weighted by molar-refractivity contribution is -0.138. The van der Waals surface area contributed by atoms with Crippen LogP contribution in [0.15, 0.2) is 48.5 Å². The maximum absolute atomic E-state index is 13.8. The highest BCUT2D eigenvalue weighted by molar-refractivity contribution is 6.32. The summed E-state index contributed by atoms with van der Waals surface area (Å²) in [5, 5.41) is 13.0. The first-order chi connectivity index (χ1) is 28.5. The van der Waals surface area contributed by atoms with Crippen LogP contribution < -0.4 is 5.32 Å². The van der Waals surface area contributed by atoms with Crippen molar-refractivity contribution in [2.45, 2.75) is 78.6 Å². The number of rotatable bonds is 10. The summed E-state index contributed by atoms with van der Waals surface area (Å²) in [6.45, 7) is 12.6. The lowest BCUT2D eigenvalue weighted by atomic mass is 10.0. The summed E-state index contributed by atoms with van der Waals surface area (Å²) in [5.41, 5.74) is 4.25. The summed E-state index contributed by atoms with van der Waals surface area (Å²) in [4.78, 5) is 71.9. The second-order valence-electron chi connectivity index (χ2n) is 16.6. The predicted octanol–water partition coefficient (Wildman–Crippen LogP) is 8.01. The first-order valence-electron chi connectivity index (χ1n) is 20.1. The average molecular weight is 860 g/mol. The molecular formula is C44H52Cl2N8O6. The Morgan fingerprint density at radius 3 is 1.60 bits per heavy atom. The summed E-state index contributed by atoms with van der Waals surface area (Å²) in [5.74, 6) is 7.15. The first-order valence-corrected chi connectivity index (χ1v) is 20.9. The zero-order valence-electron chi connectivity index (χ0n) is 35.0. The van der Waals surface area contributed by atoms with Gasteiger partial charge >= 0.3 is 12.2 Å². The summed E-state index contributed by atoms with van der Waals surface area (Å²) in [6, 6.07) is 12.9. The van der Waals surface area contributed by atoms with Crippen molar-refractivity contribution in [3.05, 3.63) is 81.6 Å². The maximum atomic E-state index is 13.8. The van der Waals surface area contributed by atoms with Crippen LogP contribution in [-0.2, 0) is 14.3 Å². The van der Waals surface area contributed by atoms with E-state index in [1.54, 1.807) is 9.80 Å². The minimum atomic E-state index is -1.15. The van der Waals surface area contributed by atoms with Crippen LogP contribution in [0.2, 0.25) is 10.3 Å². The average Bonchev–Trinajstić information content (AvgIpc) is 4.00. The van der Waals surface area contributed by atoms with E-state index < -0.39 is 24.3 Å². The van der Waals surface area contributed by atoms with Crippen molar-refractivity contribution < 1.29 is 29.0 Å². The molecule has 6 rings (SSSR count). The Labute approximate surface area is 360 Å². The number of carboxylic acid groups (broad SMARTS) is 1. The monoisotopic (exact) mass is 858 g/mol. The zero-order valence-corrected chi connectivity index (χ0v) is 36.6. The van der Waals surface area contributed by atoms with Gasteiger partial charge in [0.1, 0.15) is 45.4 Å². The number of imidazole rings is 2. The molecular weight excluding hydrogens is 807 g/mol. The van der Waals surface area contributed by atoms with E-state index in [2.05, 4.69) is 41.0 Å². The molecule has 2 aliphatic rings. The molecule has 0 aliphatic carbocycles. The molecule has 0 radical (unpaired) electrons. The quantitative estimate of drug-likeness (QED) is 0.116. The van der Waals surface area contributed by atoms with Crippen molar-refractivity contribution in [1.29, 1.82) is 0 Å². The molecule has 4 amide bonds. The largest absolute Gasteiger partial charge is 0.465 e. The molecule has 4 N–H and O–H groups in total. The lowest BCUT2D eigenvalue weighted by Crippen LogP contribution is -2.51. The number of ether oxygens (including phenoxy) is 1. The molecule has 60 heavy (non-hydrogen) atoms. The number of likely N-dealkylation sites (tertiary alicyclic amines) is 2. The Kier molecular flexibility index (Phi) is 13.5. The van der Waals surface area contributed by atoms with Crippen LogP contribution in [0.25, 0.3) is 22.5 Å². The molecule has 2 unspecified atom stereocenters. The number of alkyl carbamates (subject to hydrolysis) is 1. The SMILES string of the molecule is COC(=O)N[C@H](C(=O)N1CC(C)CC1c1nc(-c2ccc(C#Cc3ccc(-c4nc([C@@H]5C[C@H](C)CN5C(=O)[C@H](C(C)C)N(C)C(=O)O)[nH]c4Cl)cc3)cc2)c(Cl)[nH]1)C(C)C. The predicted molar refractivity (Wildman–Crippen MR) is 229 cm³/mol. The van der Waals surface area contributed by atoms with Crippen LogP contribution in [0.5, 0.6) is 0 Å². The van der Waals surface area contributed by atoms with E-state index in [9.17, 15) is 24.3 Å². The van der Waals surface area contributed by atoms with Gasteiger partial charge < -0.3 is 34.9 Å². The van der Waals surface area contributed by atoms with Gasteiger partial charge in [0, 0.05) is 42.4 Å².